The average molecular weight is 392 g/mol. The third-order valence-corrected chi connectivity index (χ3v) is 2.43. The van der Waals surface area contributed by atoms with Crippen LogP contribution in [0.3, 0.4) is 0 Å². The summed E-state index contributed by atoms with van der Waals surface area (Å²) in [5, 5.41) is -0.0208. The number of halogens is 11. The predicted octanol–water partition coefficient (Wildman–Crippen LogP) is 5.76. The minimum absolute atomic E-state index is 0.0208. The number of alkyl halides is 9. The van der Waals surface area contributed by atoms with Gasteiger partial charge in [0.25, 0.3) is 11.7 Å². The molecule has 2 nitrogen and oxygen atoms in total. The van der Waals surface area contributed by atoms with E-state index in [1.165, 1.54) is 0 Å². The highest BCUT2D eigenvalue weighted by molar-refractivity contribution is 6.30. The molecule has 136 valence electrons. The Hall–Kier alpha value is -1.85. The van der Waals surface area contributed by atoms with Gasteiger partial charge >= 0.3 is 18.8 Å². The third kappa shape index (κ3) is 5.08. The fourth-order valence-electron chi connectivity index (χ4n) is 1.31. The molecule has 0 amide bonds. The molecule has 0 aromatic heterocycles. The molecule has 0 spiro atoms. The standard InChI is InChI=1S/C11H4ClF10NO/c12-5-1-3-6(4-2-5)24-7(9(14,15)16)8(13)23(10(17,18)19)11(20,21)22/h1-4H/b8-7+. The SMILES string of the molecule is F/C(=C(\Oc1ccc(Cl)cc1)C(F)(F)F)N(C(F)(F)F)C(F)(F)F. The Balaban J connectivity index is 3.45. The first-order chi connectivity index (χ1) is 10.6. The van der Waals surface area contributed by atoms with Crippen LogP contribution in [0.15, 0.2) is 36.0 Å². The van der Waals surface area contributed by atoms with Crippen molar-refractivity contribution in [2.75, 3.05) is 0 Å². The minimum atomic E-state index is -6.51. The zero-order valence-corrected chi connectivity index (χ0v) is 11.6. The Morgan fingerprint density at radius 1 is 0.833 bits per heavy atom. The molecule has 0 bridgehead atoms. The summed E-state index contributed by atoms with van der Waals surface area (Å²) >= 11 is 5.40. The Bertz CT molecular complexity index is 587. The van der Waals surface area contributed by atoms with Gasteiger partial charge in [0.05, 0.1) is 0 Å². The summed E-state index contributed by atoms with van der Waals surface area (Å²) in [6.45, 7) is 0. The Labute approximate surface area is 131 Å². The largest absolute Gasteiger partial charge is 0.493 e. The molecule has 0 aliphatic carbocycles. The molecule has 0 aliphatic rings. The third-order valence-electron chi connectivity index (χ3n) is 2.18. The number of benzene rings is 1. The van der Waals surface area contributed by atoms with Crippen LogP contribution in [0, 0.1) is 0 Å². The van der Waals surface area contributed by atoms with Crippen LogP contribution in [0.1, 0.15) is 0 Å². The molecule has 13 heteroatoms. The van der Waals surface area contributed by atoms with Gasteiger partial charge in [0.2, 0.25) is 0 Å². The first-order valence-electron chi connectivity index (χ1n) is 5.48. The lowest BCUT2D eigenvalue weighted by molar-refractivity contribution is -0.366. The van der Waals surface area contributed by atoms with E-state index in [1.807, 2.05) is 0 Å². The van der Waals surface area contributed by atoms with Crippen LogP contribution in [0.5, 0.6) is 5.75 Å². The van der Waals surface area contributed by atoms with Gasteiger partial charge in [-0.25, -0.2) is 0 Å². The van der Waals surface area contributed by atoms with E-state index in [1.54, 1.807) is 0 Å². The highest BCUT2D eigenvalue weighted by atomic mass is 35.5. The van der Waals surface area contributed by atoms with Crippen molar-refractivity contribution in [3.63, 3.8) is 0 Å². The van der Waals surface area contributed by atoms with Crippen LogP contribution in [0.4, 0.5) is 43.9 Å². The zero-order chi connectivity index (χ0) is 18.9. The second kappa shape index (κ2) is 6.57. The van der Waals surface area contributed by atoms with Crippen molar-refractivity contribution in [3.05, 3.63) is 41.0 Å². The normalized spacial score (nSPS) is 14.3. The van der Waals surface area contributed by atoms with E-state index in [0.29, 0.717) is 12.1 Å². The molecule has 0 fully saturated rings. The van der Waals surface area contributed by atoms with E-state index >= 15 is 0 Å². The summed E-state index contributed by atoms with van der Waals surface area (Å²) in [6.07, 6.45) is -19.0. The smallest absolute Gasteiger partial charge is 0.448 e. The molecule has 24 heavy (non-hydrogen) atoms. The van der Waals surface area contributed by atoms with E-state index in [2.05, 4.69) is 4.74 Å². The first kappa shape index (κ1) is 20.2. The second-order valence-corrected chi connectivity index (χ2v) is 4.38. The maximum Gasteiger partial charge on any atom is 0.493 e. The van der Waals surface area contributed by atoms with Crippen molar-refractivity contribution < 1.29 is 48.6 Å². The van der Waals surface area contributed by atoms with Gasteiger partial charge in [0.1, 0.15) is 5.75 Å². The quantitative estimate of drug-likeness (QED) is 0.369. The van der Waals surface area contributed by atoms with Crippen LogP contribution in [0.25, 0.3) is 0 Å². The summed E-state index contributed by atoms with van der Waals surface area (Å²) in [4.78, 5) is -2.95. The van der Waals surface area contributed by atoms with Gasteiger partial charge < -0.3 is 4.74 Å². The summed E-state index contributed by atoms with van der Waals surface area (Å²) in [5.41, 5.74) is 0. The van der Waals surface area contributed by atoms with Crippen LogP contribution >= 0.6 is 11.6 Å². The number of hydrogen-bond donors (Lipinski definition) is 0. The van der Waals surface area contributed by atoms with Crippen molar-refractivity contribution in [2.45, 2.75) is 18.8 Å². The number of hydrogen-bond acceptors (Lipinski definition) is 2. The molecule has 1 rings (SSSR count). The van der Waals surface area contributed by atoms with Crippen LogP contribution in [-0.4, -0.2) is 23.7 Å². The fraction of sp³-hybridized carbons (Fsp3) is 0.273. The average Bonchev–Trinajstić information content (AvgIpc) is 2.32. The molecule has 0 saturated carbocycles. The zero-order valence-electron chi connectivity index (χ0n) is 10.8. The van der Waals surface area contributed by atoms with E-state index in [-0.39, 0.29) is 5.02 Å². The molecule has 0 unspecified atom stereocenters. The molecule has 1 aromatic carbocycles. The van der Waals surface area contributed by atoms with E-state index < -0.39 is 41.1 Å². The highest BCUT2D eigenvalue weighted by Gasteiger charge is 2.59. The molecular formula is C11H4ClF10NO. The van der Waals surface area contributed by atoms with Crippen LogP contribution < -0.4 is 4.74 Å². The van der Waals surface area contributed by atoms with Gasteiger partial charge in [-0.1, -0.05) is 11.6 Å². The molecule has 0 aliphatic heterocycles. The predicted molar refractivity (Wildman–Crippen MR) is 60.2 cm³/mol. The molecule has 0 heterocycles. The van der Waals surface area contributed by atoms with Crippen LogP contribution in [0.2, 0.25) is 5.02 Å². The lowest BCUT2D eigenvalue weighted by Crippen LogP contribution is -2.47. The van der Waals surface area contributed by atoms with Crippen LogP contribution in [-0.2, 0) is 0 Å². The monoisotopic (exact) mass is 391 g/mol. The van der Waals surface area contributed by atoms with E-state index in [4.69, 9.17) is 11.6 Å². The molecule has 0 N–H and O–H groups in total. The Kier molecular flexibility index (Phi) is 5.53. The van der Waals surface area contributed by atoms with Gasteiger partial charge in [-0.05, 0) is 24.3 Å². The van der Waals surface area contributed by atoms with Crippen molar-refractivity contribution >= 4 is 11.6 Å². The number of allylic oxidation sites excluding steroid dienone is 1. The maximum atomic E-state index is 13.5. The van der Waals surface area contributed by atoms with Crippen molar-refractivity contribution in [1.82, 2.24) is 4.90 Å². The summed E-state index contributed by atoms with van der Waals surface area (Å²) in [7, 11) is 0. The highest BCUT2D eigenvalue weighted by Crippen LogP contribution is 2.42. The Morgan fingerprint density at radius 3 is 1.58 bits per heavy atom. The maximum absolute atomic E-state index is 13.5. The van der Waals surface area contributed by atoms with Gasteiger partial charge in [0.15, 0.2) is 0 Å². The molecule has 1 aromatic rings. The molecular weight excluding hydrogens is 388 g/mol. The summed E-state index contributed by atoms with van der Waals surface area (Å²) in [5.74, 6) is -7.72. The number of nitrogens with zero attached hydrogens (tertiary/aromatic N) is 1. The van der Waals surface area contributed by atoms with Gasteiger partial charge in [-0.15, -0.1) is 26.3 Å². The summed E-state index contributed by atoms with van der Waals surface area (Å²) in [6, 6.07) is 3.22. The van der Waals surface area contributed by atoms with Crippen molar-refractivity contribution in [3.8, 4) is 5.75 Å². The van der Waals surface area contributed by atoms with Crippen molar-refractivity contribution in [2.24, 2.45) is 0 Å². The van der Waals surface area contributed by atoms with E-state index in [0.717, 1.165) is 12.1 Å². The van der Waals surface area contributed by atoms with E-state index in [9.17, 15) is 43.9 Å². The fourth-order valence-corrected chi connectivity index (χ4v) is 1.43. The Morgan fingerprint density at radius 2 is 1.25 bits per heavy atom. The number of ether oxygens (including phenoxy) is 1. The summed E-state index contributed by atoms with van der Waals surface area (Å²) < 4.78 is 129. The first-order valence-corrected chi connectivity index (χ1v) is 5.86. The van der Waals surface area contributed by atoms with Gasteiger partial charge in [0, 0.05) is 5.02 Å². The molecule has 0 atom stereocenters. The topological polar surface area (TPSA) is 12.5 Å². The second-order valence-electron chi connectivity index (χ2n) is 3.94. The molecule has 0 saturated heterocycles. The minimum Gasteiger partial charge on any atom is -0.448 e. The van der Waals surface area contributed by atoms with Gasteiger partial charge in [-0.3, -0.25) is 0 Å². The lowest BCUT2D eigenvalue weighted by Gasteiger charge is -2.28. The lowest BCUT2D eigenvalue weighted by atomic mass is 10.3. The molecule has 0 radical (unpaired) electrons. The number of rotatable bonds is 3. The van der Waals surface area contributed by atoms with Crippen molar-refractivity contribution in [1.29, 1.82) is 0 Å². The van der Waals surface area contributed by atoms with Gasteiger partial charge in [-0.2, -0.15) is 22.5 Å².